The molecule has 0 aromatic carbocycles. The van der Waals surface area contributed by atoms with Gasteiger partial charge in [0.25, 0.3) is 0 Å². The monoisotopic (exact) mass is 218 g/mol. The maximum absolute atomic E-state index is 10.7. The van der Waals surface area contributed by atoms with Crippen LogP contribution in [-0.4, -0.2) is 30.3 Å². The Morgan fingerprint density at radius 1 is 1.53 bits per heavy atom. The molecule has 1 atom stereocenters. The van der Waals surface area contributed by atoms with Crippen molar-refractivity contribution in [2.24, 2.45) is 5.84 Å². The van der Waals surface area contributed by atoms with E-state index in [1.165, 1.54) is 0 Å². The molecule has 0 fully saturated rings. The van der Waals surface area contributed by atoms with Gasteiger partial charge in [-0.05, 0) is 12.8 Å². The van der Waals surface area contributed by atoms with Crippen molar-refractivity contribution < 1.29 is 14.6 Å². The van der Waals surface area contributed by atoms with Gasteiger partial charge in [-0.25, -0.2) is 5.84 Å². The van der Waals surface area contributed by atoms with Crippen molar-refractivity contribution in [2.75, 3.05) is 13.2 Å². The van der Waals surface area contributed by atoms with Gasteiger partial charge in [0.1, 0.15) is 0 Å². The quantitative estimate of drug-likeness (QED) is 0.225. The molecule has 0 bridgehead atoms. The highest BCUT2D eigenvalue weighted by atomic mass is 16.5. The predicted molar refractivity (Wildman–Crippen MR) is 57.9 cm³/mol. The standard InChI is InChI=1S/C10H22N2O3/c1-2-3-4-7-15-8-9(13)5-6-10(14)12-11/h9,13H,2-8,11H2,1H3,(H,12,14)/t9-/m1/s1. The fourth-order valence-corrected chi connectivity index (χ4v) is 1.13. The van der Waals surface area contributed by atoms with E-state index >= 15 is 0 Å². The minimum absolute atomic E-state index is 0.232. The summed E-state index contributed by atoms with van der Waals surface area (Å²) >= 11 is 0. The number of rotatable bonds is 9. The van der Waals surface area contributed by atoms with Gasteiger partial charge >= 0.3 is 0 Å². The fourth-order valence-electron chi connectivity index (χ4n) is 1.13. The van der Waals surface area contributed by atoms with Crippen molar-refractivity contribution in [3.63, 3.8) is 0 Å². The zero-order valence-electron chi connectivity index (χ0n) is 9.37. The third kappa shape index (κ3) is 9.65. The van der Waals surface area contributed by atoms with E-state index < -0.39 is 6.10 Å². The van der Waals surface area contributed by atoms with Gasteiger partial charge in [-0.3, -0.25) is 10.2 Å². The van der Waals surface area contributed by atoms with Gasteiger partial charge in [0.2, 0.25) is 5.91 Å². The van der Waals surface area contributed by atoms with Crippen LogP contribution in [-0.2, 0) is 9.53 Å². The lowest BCUT2D eigenvalue weighted by molar-refractivity contribution is -0.121. The molecule has 15 heavy (non-hydrogen) atoms. The summed E-state index contributed by atoms with van der Waals surface area (Å²) in [6, 6.07) is 0. The Balaban J connectivity index is 3.25. The van der Waals surface area contributed by atoms with Gasteiger partial charge in [-0.1, -0.05) is 19.8 Å². The minimum Gasteiger partial charge on any atom is -0.391 e. The number of nitrogens with two attached hydrogens (primary N) is 1. The number of hydrogen-bond acceptors (Lipinski definition) is 4. The minimum atomic E-state index is -0.580. The number of amides is 1. The first kappa shape index (κ1) is 14.3. The number of aliphatic hydroxyl groups is 1. The second-order valence-corrected chi connectivity index (χ2v) is 3.54. The summed E-state index contributed by atoms with van der Waals surface area (Å²) in [5.41, 5.74) is 2.01. The van der Waals surface area contributed by atoms with Crippen LogP contribution in [0.3, 0.4) is 0 Å². The Morgan fingerprint density at radius 2 is 2.27 bits per heavy atom. The summed E-state index contributed by atoms with van der Waals surface area (Å²) in [5, 5.41) is 9.40. The second-order valence-electron chi connectivity index (χ2n) is 3.54. The van der Waals surface area contributed by atoms with Crippen LogP contribution in [0.25, 0.3) is 0 Å². The van der Waals surface area contributed by atoms with E-state index in [0.717, 1.165) is 19.3 Å². The van der Waals surface area contributed by atoms with Gasteiger partial charge in [0.05, 0.1) is 12.7 Å². The Morgan fingerprint density at radius 3 is 2.87 bits per heavy atom. The van der Waals surface area contributed by atoms with Crippen molar-refractivity contribution in [3.8, 4) is 0 Å². The highest BCUT2D eigenvalue weighted by molar-refractivity contribution is 5.75. The Labute approximate surface area is 91.0 Å². The normalized spacial score (nSPS) is 12.5. The van der Waals surface area contributed by atoms with Crippen LogP contribution in [0.4, 0.5) is 0 Å². The zero-order chi connectivity index (χ0) is 11.5. The first-order valence-corrected chi connectivity index (χ1v) is 5.46. The van der Waals surface area contributed by atoms with Gasteiger partial charge < -0.3 is 9.84 Å². The maximum atomic E-state index is 10.7. The van der Waals surface area contributed by atoms with Crippen molar-refractivity contribution in [3.05, 3.63) is 0 Å². The number of hydrazine groups is 1. The number of ether oxygens (including phenoxy) is 1. The molecular weight excluding hydrogens is 196 g/mol. The van der Waals surface area contributed by atoms with Crippen molar-refractivity contribution in [1.29, 1.82) is 0 Å². The van der Waals surface area contributed by atoms with E-state index in [9.17, 15) is 9.90 Å². The van der Waals surface area contributed by atoms with Gasteiger partial charge in [0, 0.05) is 13.0 Å². The molecule has 5 nitrogen and oxygen atoms in total. The molecule has 0 aliphatic rings. The third-order valence-corrected chi connectivity index (χ3v) is 2.07. The Bertz CT molecular complexity index is 165. The zero-order valence-corrected chi connectivity index (χ0v) is 9.37. The van der Waals surface area contributed by atoms with Crippen LogP contribution in [0.5, 0.6) is 0 Å². The van der Waals surface area contributed by atoms with Crippen molar-refractivity contribution >= 4 is 5.91 Å². The van der Waals surface area contributed by atoms with Gasteiger partial charge in [-0.2, -0.15) is 0 Å². The topological polar surface area (TPSA) is 84.6 Å². The molecule has 0 unspecified atom stereocenters. The largest absolute Gasteiger partial charge is 0.391 e. The summed E-state index contributed by atoms with van der Waals surface area (Å²) in [7, 11) is 0. The van der Waals surface area contributed by atoms with E-state index in [0.29, 0.717) is 19.6 Å². The lowest BCUT2D eigenvalue weighted by atomic mass is 10.2. The molecule has 0 aromatic heterocycles. The molecule has 0 saturated carbocycles. The first-order chi connectivity index (χ1) is 7.20. The molecule has 0 saturated heterocycles. The van der Waals surface area contributed by atoms with Crippen LogP contribution >= 0.6 is 0 Å². The molecule has 4 N–H and O–H groups in total. The summed E-state index contributed by atoms with van der Waals surface area (Å²) in [6.45, 7) is 3.09. The van der Waals surface area contributed by atoms with Gasteiger partial charge in [-0.15, -0.1) is 0 Å². The first-order valence-electron chi connectivity index (χ1n) is 5.46. The van der Waals surface area contributed by atoms with Crippen LogP contribution in [0, 0.1) is 0 Å². The Kier molecular flexibility index (Phi) is 9.46. The SMILES string of the molecule is CCCCCOC[C@H](O)CCC(=O)NN. The smallest absolute Gasteiger partial charge is 0.233 e. The lowest BCUT2D eigenvalue weighted by Gasteiger charge is -2.10. The van der Waals surface area contributed by atoms with E-state index in [1.54, 1.807) is 0 Å². The second kappa shape index (κ2) is 9.89. The molecule has 0 aliphatic heterocycles. The van der Waals surface area contributed by atoms with Crippen molar-refractivity contribution in [2.45, 2.75) is 45.1 Å². The Hall–Kier alpha value is -0.650. The van der Waals surface area contributed by atoms with E-state index in [-0.39, 0.29) is 12.3 Å². The summed E-state index contributed by atoms with van der Waals surface area (Å²) in [4.78, 5) is 10.7. The molecule has 0 aromatic rings. The summed E-state index contributed by atoms with van der Waals surface area (Å²) in [6.07, 6.45) is 3.36. The van der Waals surface area contributed by atoms with Crippen LogP contribution < -0.4 is 11.3 Å². The maximum Gasteiger partial charge on any atom is 0.233 e. The third-order valence-electron chi connectivity index (χ3n) is 2.07. The molecule has 90 valence electrons. The lowest BCUT2D eigenvalue weighted by Crippen LogP contribution is -2.31. The predicted octanol–water partition coefficient (Wildman–Crippen LogP) is 0.324. The average Bonchev–Trinajstić information content (AvgIpc) is 2.25. The molecule has 0 rings (SSSR count). The molecule has 0 aliphatic carbocycles. The fraction of sp³-hybridized carbons (Fsp3) is 0.900. The van der Waals surface area contributed by atoms with Crippen molar-refractivity contribution in [1.82, 2.24) is 5.43 Å². The van der Waals surface area contributed by atoms with Crippen LogP contribution in [0.15, 0.2) is 0 Å². The number of unbranched alkanes of at least 4 members (excludes halogenated alkanes) is 2. The molecule has 5 heteroatoms. The van der Waals surface area contributed by atoms with Gasteiger partial charge in [0.15, 0.2) is 0 Å². The van der Waals surface area contributed by atoms with Crippen LogP contribution in [0.1, 0.15) is 39.0 Å². The van der Waals surface area contributed by atoms with Crippen LogP contribution in [0.2, 0.25) is 0 Å². The number of carbonyl (C=O) groups excluding carboxylic acids is 1. The van der Waals surface area contributed by atoms with E-state index in [2.05, 4.69) is 6.92 Å². The molecule has 0 heterocycles. The highest BCUT2D eigenvalue weighted by Crippen LogP contribution is 1.99. The molecular formula is C10H22N2O3. The summed E-state index contributed by atoms with van der Waals surface area (Å²) in [5.74, 6) is 4.64. The molecule has 0 spiro atoms. The van der Waals surface area contributed by atoms with E-state index in [4.69, 9.17) is 10.6 Å². The highest BCUT2D eigenvalue weighted by Gasteiger charge is 2.07. The number of carbonyl (C=O) groups is 1. The average molecular weight is 218 g/mol. The number of nitrogens with one attached hydrogen (secondary N) is 1. The number of hydrogen-bond donors (Lipinski definition) is 3. The van der Waals surface area contributed by atoms with E-state index in [1.807, 2.05) is 5.43 Å². The summed E-state index contributed by atoms with van der Waals surface area (Å²) < 4.78 is 5.25. The molecule has 0 radical (unpaired) electrons. The number of aliphatic hydroxyl groups excluding tert-OH is 1. The molecule has 1 amide bonds.